The van der Waals surface area contributed by atoms with Crippen molar-refractivity contribution in [3.8, 4) is 10.7 Å². The molecule has 1 saturated carbocycles. The van der Waals surface area contributed by atoms with Crippen LogP contribution >= 0.6 is 11.3 Å². The van der Waals surface area contributed by atoms with Crippen LogP contribution in [0.5, 0.6) is 0 Å². The highest BCUT2D eigenvalue weighted by molar-refractivity contribution is 7.13. The van der Waals surface area contributed by atoms with E-state index in [4.69, 9.17) is 10.3 Å². The molecule has 1 aliphatic carbocycles. The average Bonchev–Trinajstić information content (AvgIpc) is 3.09. The largest absolute Gasteiger partial charge is 0.337 e. The Morgan fingerprint density at radius 2 is 2.17 bits per heavy atom. The molecule has 0 amide bonds. The minimum absolute atomic E-state index is 0.105. The highest BCUT2D eigenvalue weighted by atomic mass is 32.1. The Labute approximate surface area is 110 Å². The summed E-state index contributed by atoms with van der Waals surface area (Å²) in [6.07, 6.45) is 6.22. The Morgan fingerprint density at radius 3 is 2.89 bits per heavy atom. The Hall–Kier alpha value is -1.20. The first kappa shape index (κ1) is 11.9. The molecule has 0 spiro atoms. The zero-order chi connectivity index (χ0) is 12.4. The standard InChI is InChI=1S/C13H17N3OS/c14-11(9-5-2-1-3-6-9)13-15-12(16-17-13)10-7-4-8-18-10/h4,7-9,11H,1-3,5-6,14H2. The SMILES string of the molecule is NC(c1nc(-c2cccs2)no1)C1CCCCC1. The maximum Gasteiger partial charge on any atom is 0.244 e. The van der Waals surface area contributed by atoms with Crippen LogP contribution in [0, 0.1) is 5.92 Å². The van der Waals surface area contributed by atoms with Crippen LogP contribution in [0.4, 0.5) is 0 Å². The minimum atomic E-state index is -0.105. The molecule has 0 bridgehead atoms. The first-order valence-electron chi connectivity index (χ1n) is 6.47. The Morgan fingerprint density at radius 1 is 1.33 bits per heavy atom. The van der Waals surface area contributed by atoms with Gasteiger partial charge in [-0.15, -0.1) is 11.3 Å². The second-order valence-corrected chi connectivity index (χ2v) is 5.81. The minimum Gasteiger partial charge on any atom is -0.337 e. The number of hydrogen-bond donors (Lipinski definition) is 1. The van der Waals surface area contributed by atoms with Gasteiger partial charge in [0.15, 0.2) is 0 Å². The zero-order valence-electron chi connectivity index (χ0n) is 10.2. The molecule has 4 nitrogen and oxygen atoms in total. The lowest BCUT2D eigenvalue weighted by Crippen LogP contribution is -2.23. The van der Waals surface area contributed by atoms with Crippen molar-refractivity contribution in [1.29, 1.82) is 0 Å². The molecule has 3 rings (SSSR count). The van der Waals surface area contributed by atoms with Gasteiger partial charge in [0, 0.05) is 0 Å². The Balaban J connectivity index is 1.76. The van der Waals surface area contributed by atoms with Crippen molar-refractivity contribution in [2.45, 2.75) is 38.1 Å². The second kappa shape index (κ2) is 5.20. The van der Waals surface area contributed by atoms with Crippen LogP contribution in [-0.2, 0) is 0 Å². The van der Waals surface area contributed by atoms with E-state index in [-0.39, 0.29) is 6.04 Å². The van der Waals surface area contributed by atoms with Gasteiger partial charge in [-0.05, 0) is 30.2 Å². The lowest BCUT2D eigenvalue weighted by atomic mass is 9.84. The highest BCUT2D eigenvalue weighted by Crippen LogP contribution is 2.33. The smallest absolute Gasteiger partial charge is 0.244 e. The van der Waals surface area contributed by atoms with Crippen LogP contribution in [0.3, 0.4) is 0 Å². The van der Waals surface area contributed by atoms with Gasteiger partial charge in [-0.25, -0.2) is 0 Å². The summed E-state index contributed by atoms with van der Waals surface area (Å²) in [5, 5.41) is 6.03. The van der Waals surface area contributed by atoms with Gasteiger partial charge >= 0.3 is 0 Å². The fourth-order valence-corrected chi connectivity index (χ4v) is 3.22. The molecule has 18 heavy (non-hydrogen) atoms. The first-order chi connectivity index (χ1) is 8.84. The monoisotopic (exact) mass is 263 g/mol. The highest BCUT2D eigenvalue weighted by Gasteiger charge is 2.26. The van der Waals surface area contributed by atoms with E-state index < -0.39 is 0 Å². The average molecular weight is 263 g/mol. The molecule has 2 N–H and O–H groups in total. The van der Waals surface area contributed by atoms with E-state index in [1.165, 1.54) is 32.1 Å². The predicted molar refractivity (Wildman–Crippen MR) is 71.1 cm³/mol. The predicted octanol–water partition coefficient (Wildman–Crippen LogP) is 3.38. The van der Waals surface area contributed by atoms with Crippen LogP contribution in [0.1, 0.15) is 44.0 Å². The third-order valence-electron chi connectivity index (χ3n) is 3.63. The molecule has 0 aromatic carbocycles. The van der Waals surface area contributed by atoms with Crippen molar-refractivity contribution in [2.75, 3.05) is 0 Å². The summed E-state index contributed by atoms with van der Waals surface area (Å²) in [6, 6.07) is 3.87. The molecule has 5 heteroatoms. The molecule has 0 saturated heterocycles. The summed E-state index contributed by atoms with van der Waals surface area (Å²) in [7, 11) is 0. The van der Waals surface area contributed by atoms with Crippen molar-refractivity contribution >= 4 is 11.3 Å². The number of nitrogens with two attached hydrogens (primary N) is 1. The molecular weight excluding hydrogens is 246 g/mol. The fourth-order valence-electron chi connectivity index (χ4n) is 2.57. The second-order valence-electron chi connectivity index (χ2n) is 4.86. The van der Waals surface area contributed by atoms with Gasteiger partial charge in [0.1, 0.15) is 0 Å². The van der Waals surface area contributed by atoms with Gasteiger partial charge in [0.05, 0.1) is 10.9 Å². The first-order valence-corrected chi connectivity index (χ1v) is 7.35. The van der Waals surface area contributed by atoms with Crippen LogP contribution in [-0.4, -0.2) is 10.1 Å². The number of rotatable bonds is 3. The van der Waals surface area contributed by atoms with Gasteiger partial charge in [-0.1, -0.05) is 30.5 Å². The van der Waals surface area contributed by atoms with Gasteiger partial charge < -0.3 is 10.3 Å². The molecule has 1 atom stereocenters. The topological polar surface area (TPSA) is 64.9 Å². The van der Waals surface area contributed by atoms with E-state index in [2.05, 4.69) is 10.1 Å². The normalized spacial score (nSPS) is 18.9. The number of hydrogen-bond acceptors (Lipinski definition) is 5. The van der Waals surface area contributed by atoms with Crippen molar-refractivity contribution < 1.29 is 4.52 Å². The van der Waals surface area contributed by atoms with E-state index in [1.54, 1.807) is 11.3 Å². The molecule has 2 aromatic heterocycles. The summed E-state index contributed by atoms with van der Waals surface area (Å²) in [4.78, 5) is 5.46. The molecule has 2 aromatic rings. The summed E-state index contributed by atoms with van der Waals surface area (Å²) in [6.45, 7) is 0. The van der Waals surface area contributed by atoms with Gasteiger partial charge in [0.25, 0.3) is 0 Å². The van der Waals surface area contributed by atoms with E-state index >= 15 is 0 Å². The molecule has 0 radical (unpaired) electrons. The molecule has 96 valence electrons. The summed E-state index contributed by atoms with van der Waals surface area (Å²) in [5.41, 5.74) is 6.24. The van der Waals surface area contributed by atoms with E-state index in [9.17, 15) is 0 Å². The summed E-state index contributed by atoms with van der Waals surface area (Å²) >= 11 is 1.61. The van der Waals surface area contributed by atoms with E-state index in [0.29, 0.717) is 17.6 Å². The van der Waals surface area contributed by atoms with Gasteiger partial charge in [-0.2, -0.15) is 4.98 Å². The van der Waals surface area contributed by atoms with Gasteiger partial charge in [0.2, 0.25) is 11.7 Å². The third-order valence-corrected chi connectivity index (χ3v) is 4.49. The molecule has 1 unspecified atom stereocenters. The third kappa shape index (κ3) is 2.33. The maximum absolute atomic E-state index is 6.24. The molecule has 2 heterocycles. The van der Waals surface area contributed by atoms with Crippen molar-refractivity contribution in [3.05, 3.63) is 23.4 Å². The lowest BCUT2D eigenvalue weighted by Gasteiger charge is -2.24. The lowest BCUT2D eigenvalue weighted by molar-refractivity contribution is 0.255. The van der Waals surface area contributed by atoms with Gasteiger partial charge in [-0.3, -0.25) is 0 Å². The Bertz CT molecular complexity index is 488. The summed E-state index contributed by atoms with van der Waals surface area (Å²) < 4.78 is 5.32. The quantitative estimate of drug-likeness (QED) is 0.922. The number of nitrogens with zero attached hydrogens (tertiary/aromatic N) is 2. The molecule has 0 aliphatic heterocycles. The molecule has 1 fully saturated rings. The van der Waals surface area contributed by atoms with Crippen LogP contribution in [0.2, 0.25) is 0 Å². The van der Waals surface area contributed by atoms with Crippen LogP contribution in [0.25, 0.3) is 10.7 Å². The fraction of sp³-hybridized carbons (Fsp3) is 0.538. The van der Waals surface area contributed by atoms with Crippen LogP contribution in [0.15, 0.2) is 22.0 Å². The zero-order valence-corrected chi connectivity index (χ0v) is 11.0. The van der Waals surface area contributed by atoms with E-state index in [1.807, 2.05) is 17.5 Å². The molecular formula is C13H17N3OS. The van der Waals surface area contributed by atoms with Crippen molar-refractivity contribution in [2.24, 2.45) is 11.7 Å². The Kier molecular flexibility index (Phi) is 3.43. The number of thiophene rings is 1. The number of aromatic nitrogens is 2. The summed E-state index contributed by atoms with van der Waals surface area (Å²) in [5.74, 6) is 1.74. The maximum atomic E-state index is 6.24. The van der Waals surface area contributed by atoms with E-state index in [0.717, 1.165) is 4.88 Å². The molecule has 1 aliphatic rings. The van der Waals surface area contributed by atoms with Crippen LogP contribution < -0.4 is 5.73 Å². The van der Waals surface area contributed by atoms with Crippen molar-refractivity contribution in [1.82, 2.24) is 10.1 Å². The van der Waals surface area contributed by atoms with Crippen molar-refractivity contribution in [3.63, 3.8) is 0 Å².